The summed E-state index contributed by atoms with van der Waals surface area (Å²) in [6.07, 6.45) is 4.41. The Bertz CT molecular complexity index is 1580. The van der Waals surface area contributed by atoms with E-state index in [2.05, 4.69) is 129 Å². The molecule has 42 heavy (non-hydrogen) atoms. The van der Waals surface area contributed by atoms with Crippen LogP contribution >= 0.6 is 0 Å². The minimum atomic E-state index is -0.0927. The van der Waals surface area contributed by atoms with Gasteiger partial charge in [-0.3, -0.25) is 9.69 Å². The zero-order valence-corrected chi connectivity index (χ0v) is 24.7. The molecule has 6 heteroatoms. The molecule has 0 aliphatic carbocycles. The summed E-state index contributed by atoms with van der Waals surface area (Å²) >= 11 is 0. The first kappa shape index (κ1) is 27.7. The molecule has 0 saturated carbocycles. The van der Waals surface area contributed by atoms with Crippen LogP contribution in [0.4, 0.5) is 5.69 Å². The molecule has 1 unspecified atom stereocenters. The maximum atomic E-state index is 13.9. The fourth-order valence-corrected chi connectivity index (χ4v) is 6.24. The molecular formula is C36H39N5O. The third kappa shape index (κ3) is 5.68. The summed E-state index contributed by atoms with van der Waals surface area (Å²) in [5.41, 5.74) is 7.95. The number of carbonyl (C=O) groups is 1. The number of piperazine rings is 1. The molecule has 3 aromatic carbocycles. The van der Waals surface area contributed by atoms with Gasteiger partial charge in [-0.05, 0) is 47.4 Å². The number of amides is 1. The van der Waals surface area contributed by atoms with Crippen LogP contribution in [-0.2, 0) is 4.79 Å². The van der Waals surface area contributed by atoms with Crippen molar-refractivity contribution in [2.45, 2.75) is 25.3 Å². The number of fused-ring (bicyclic) bond motifs is 1. The van der Waals surface area contributed by atoms with Crippen LogP contribution in [0.15, 0.2) is 109 Å². The number of anilines is 1. The van der Waals surface area contributed by atoms with Crippen LogP contribution < -0.4 is 4.90 Å². The lowest BCUT2D eigenvalue weighted by molar-refractivity contribution is -0.133. The van der Waals surface area contributed by atoms with E-state index in [1.54, 1.807) is 0 Å². The maximum absolute atomic E-state index is 13.9. The average Bonchev–Trinajstić information content (AvgIpc) is 3.47. The van der Waals surface area contributed by atoms with Gasteiger partial charge in [-0.1, -0.05) is 78.9 Å². The van der Waals surface area contributed by atoms with Crippen molar-refractivity contribution in [3.63, 3.8) is 0 Å². The maximum Gasteiger partial charge on any atom is 0.223 e. The standard InChI is InChI=1S/C36H39N5O/c1-27-11-10-20-41-33(26-37-36(27)41)32(28-16-18-31(19-17-28)38(2)3)25-34(42)39-21-23-40(24-22-39)35(29-12-6-4-7-13-29)30-14-8-5-9-15-30/h4-20,26,32,35H,21-25H2,1-3H3. The van der Waals surface area contributed by atoms with E-state index in [1.165, 1.54) is 11.1 Å². The Morgan fingerprint density at radius 3 is 2.00 bits per heavy atom. The third-order valence-electron chi connectivity index (χ3n) is 8.57. The summed E-state index contributed by atoms with van der Waals surface area (Å²) in [6.45, 7) is 5.17. The number of hydrogen-bond acceptors (Lipinski definition) is 4. The number of aromatic nitrogens is 2. The lowest BCUT2D eigenvalue weighted by atomic mass is 9.91. The molecule has 1 amide bonds. The van der Waals surface area contributed by atoms with Gasteiger partial charge in [0.05, 0.1) is 11.7 Å². The predicted octanol–water partition coefficient (Wildman–Crippen LogP) is 6.16. The van der Waals surface area contributed by atoms with Crippen molar-refractivity contribution in [2.75, 3.05) is 45.2 Å². The van der Waals surface area contributed by atoms with E-state index in [9.17, 15) is 4.79 Å². The van der Waals surface area contributed by atoms with E-state index in [1.807, 2.05) is 20.3 Å². The Labute approximate surface area is 248 Å². The Morgan fingerprint density at radius 1 is 0.786 bits per heavy atom. The molecule has 6 nitrogen and oxygen atoms in total. The number of hydrogen-bond donors (Lipinski definition) is 0. The molecule has 5 aromatic rings. The molecule has 0 radical (unpaired) electrons. The van der Waals surface area contributed by atoms with E-state index >= 15 is 0 Å². The summed E-state index contributed by atoms with van der Waals surface area (Å²) in [7, 11) is 4.09. The molecule has 0 bridgehead atoms. The van der Waals surface area contributed by atoms with Crippen LogP contribution in [0.25, 0.3) is 5.65 Å². The number of aryl methyl sites for hydroxylation is 1. The van der Waals surface area contributed by atoms with E-state index in [-0.39, 0.29) is 17.9 Å². The van der Waals surface area contributed by atoms with Crippen molar-refractivity contribution < 1.29 is 4.79 Å². The van der Waals surface area contributed by atoms with Crippen LogP contribution in [0.5, 0.6) is 0 Å². The van der Waals surface area contributed by atoms with E-state index in [0.29, 0.717) is 19.5 Å². The van der Waals surface area contributed by atoms with Crippen molar-refractivity contribution in [3.05, 3.63) is 137 Å². The SMILES string of the molecule is Cc1cccn2c(C(CC(=O)N3CCN(C(c4ccccc4)c4ccccc4)CC3)c3ccc(N(C)C)cc3)cnc12. The number of carbonyl (C=O) groups excluding carboxylic acids is 1. The topological polar surface area (TPSA) is 44.1 Å². The van der Waals surface area contributed by atoms with Crippen LogP contribution in [0.3, 0.4) is 0 Å². The molecule has 1 atom stereocenters. The van der Waals surface area contributed by atoms with Crippen molar-refractivity contribution >= 4 is 17.2 Å². The molecule has 1 saturated heterocycles. The lowest BCUT2D eigenvalue weighted by Gasteiger charge is -2.40. The van der Waals surface area contributed by atoms with Crippen LogP contribution in [0.1, 0.15) is 46.3 Å². The summed E-state index contributed by atoms with van der Waals surface area (Å²) in [4.78, 5) is 25.3. The van der Waals surface area contributed by atoms with Crippen molar-refractivity contribution in [1.29, 1.82) is 0 Å². The highest BCUT2D eigenvalue weighted by atomic mass is 16.2. The van der Waals surface area contributed by atoms with Gasteiger partial charge in [-0.15, -0.1) is 0 Å². The van der Waals surface area contributed by atoms with Gasteiger partial charge in [0.1, 0.15) is 5.65 Å². The Hall–Kier alpha value is -4.42. The lowest BCUT2D eigenvalue weighted by Crippen LogP contribution is -2.50. The van der Waals surface area contributed by atoms with Crippen molar-refractivity contribution in [2.24, 2.45) is 0 Å². The van der Waals surface area contributed by atoms with Gasteiger partial charge in [-0.25, -0.2) is 4.98 Å². The Balaban J connectivity index is 1.23. The third-order valence-corrected chi connectivity index (χ3v) is 8.57. The molecule has 1 aliphatic rings. The van der Waals surface area contributed by atoms with Gasteiger partial charge in [0.15, 0.2) is 0 Å². The van der Waals surface area contributed by atoms with Gasteiger partial charge in [0.25, 0.3) is 0 Å². The van der Waals surface area contributed by atoms with Crippen molar-refractivity contribution in [3.8, 4) is 0 Å². The molecule has 0 spiro atoms. The van der Waals surface area contributed by atoms with Gasteiger partial charge in [-0.2, -0.15) is 0 Å². The first-order valence-corrected chi connectivity index (χ1v) is 14.8. The summed E-state index contributed by atoms with van der Waals surface area (Å²) in [6, 6.07) is 34.3. The second-order valence-electron chi connectivity index (χ2n) is 11.5. The van der Waals surface area contributed by atoms with Crippen LogP contribution in [0, 0.1) is 6.92 Å². The first-order chi connectivity index (χ1) is 20.5. The number of benzene rings is 3. The highest BCUT2D eigenvalue weighted by Gasteiger charge is 2.30. The highest BCUT2D eigenvalue weighted by Crippen LogP contribution is 2.33. The second kappa shape index (κ2) is 12.2. The number of rotatable bonds is 8. The Morgan fingerprint density at radius 2 is 1.40 bits per heavy atom. The molecule has 1 aliphatic heterocycles. The van der Waals surface area contributed by atoms with Crippen molar-refractivity contribution in [1.82, 2.24) is 19.2 Å². The molecule has 6 rings (SSSR count). The molecule has 0 N–H and O–H groups in total. The highest BCUT2D eigenvalue weighted by molar-refractivity contribution is 5.78. The summed E-state index contributed by atoms with van der Waals surface area (Å²) in [5, 5.41) is 0. The van der Waals surface area contributed by atoms with E-state index in [0.717, 1.165) is 41.2 Å². The molecule has 1 fully saturated rings. The molecule has 3 heterocycles. The Kier molecular flexibility index (Phi) is 8.06. The fraction of sp³-hybridized carbons (Fsp3) is 0.278. The minimum absolute atomic E-state index is 0.0927. The zero-order valence-electron chi connectivity index (χ0n) is 24.7. The van der Waals surface area contributed by atoms with Crippen LogP contribution in [-0.4, -0.2) is 65.4 Å². The average molecular weight is 558 g/mol. The quantitative estimate of drug-likeness (QED) is 0.229. The predicted molar refractivity (Wildman–Crippen MR) is 170 cm³/mol. The zero-order chi connectivity index (χ0) is 29.1. The van der Waals surface area contributed by atoms with Gasteiger partial charge in [0, 0.05) is 70.7 Å². The summed E-state index contributed by atoms with van der Waals surface area (Å²) < 4.78 is 2.15. The van der Waals surface area contributed by atoms with Gasteiger partial charge in [0.2, 0.25) is 5.91 Å². The molecule has 2 aromatic heterocycles. The van der Waals surface area contributed by atoms with Gasteiger partial charge < -0.3 is 14.2 Å². The first-order valence-electron chi connectivity index (χ1n) is 14.8. The second-order valence-corrected chi connectivity index (χ2v) is 11.5. The van der Waals surface area contributed by atoms with Gasteiger partial charge >= 0.3 is 0 Å². The molecular weight excluding hydrogens is 518 g/mol. The molecule has 214 valence electrons. The number of pyridine rings is 1. The fourth-order valence-electron chi connectivity index (χ4n) is 6.24. The minimum Gasteiger partial charge on any atom is -0.378 e. The normalized spacial score (nSPS) is 14.8. The van der Waals surface area contributed by atoms with E-state index in [4.69, 9.17) is 4.98 Å². The summed E-state index contributed by atoms with van der Waals surface area (Å²) in [5.74, 6) is 0.0971. The smallest absolute Gasteiger partial charge is 0.223 e. The largest absolute Gasteiger partial charge is 0.378 e. The number of nitrogens with zero attached hydrogens (tertiary/aromatic N) is 5. The monoisotopic (exact) mass is 557 g/mol. The van der Waals surface area contributed by atoms with Crippen LogP contribution in [0.2, 0.25) is 0 Å². The number of imidazole rings is 1. The van der Waals surface area contributed by atoms with E-state index < -0.39 is 0 Å².